The molecule has 2 heterocycles. The number of pyridine rings is 1. The van der Waals surface area contributed by atoms with E-state index in [-0.39, 0.29) is 30.2 Å². The Bertz CT molecular complexity index is 1740. The molecular weight excluding hydrogens is 590 g/mol. The van der Waals surface area contributed by atoms with E-state index in [2.05, 4.69) is 10.3 Å². The van der Waals surface area contributed by atoms with Gasteiger partial charge in [-0.1, -0.05) is 0 Å². The van der Waals surface area contributed by atoms with Gasteiger partial charge in [-0.25, -0.2) is 18.5 Å². The van der Waals surface area contributed by atoms with Gasteiger partial charge in [0.05, 0.1) is 25.4 Å². The van der Waals surface area contributed by atoms with Crippen LogP contribution in [-0.2, 0) is 14.3 Å². The van der Waals surface area contributed by atoms with Crippen molar-refractivity contribution in [2.75, 3.05) is 51.2 Å². The van der Waals surface area contributed by atoms with Crippen molar-refractivity contribution in [3.63, 3.8) is 0 Å². The number of benzene rings is 3. The van der Waals surface area contributed by atoms with Crippen LogP contribution in [0, 0.1) is 17.6 Å². The van der Waals surface area contributed by atoms with Crippen LogP contribution in [0.1, 0.15) is 6.42 Å². The molecule has 1 aliphatic heterocycles. The van der Waals surface area contributed by atoms with E-state index in [1.165, 1.54) is 56.7 Å². The number of fused-ring (bicyclic) bond motifs is 1. The maximum atomic E-state index is 15.3. The summed E-state index contributed by atoms with van der Waals surface area (Å²) in [5, 5.41) is 3.12. The van der Waals surface area contributed by atoms with E-state index >= 15 is 4.39 Å². The molecule has 13 heteroatoms. The molecule has 1 N–H and O–H groups in total. The van der Waals surface area contributed by atoms with Crippen LogP contribution in [0.15, 0.2) is 66.9 Å². The number of hydrogen-bond donors (Lipinski definition) is 1. The fourth-order valence-electron chi connectivity index (χ4n) is 4.92. The Morgan fingerprint density at radius 3 is 2.36 bits per heavy atom. The Hall–Kier alpha value is -5.30. The number of halogens is 2. The van der Waals surface area contributed by atoms with Crippen molar-refractivity contribution in [2.24, 2.45) is 5.92 Å². The summed E-state index contributed by atoms with van der Waals surface area (Å²) in [6, 6.07) is 12.9. The Morgan fingerprint density at radius 2 is 1.67 bits per heavy atom. The Balaban J connectivity index is 1.36. The van der Waals surface area contributed by atoms with E-state index in [1.54, 1.807) is 18.2 Å². The first-order chi connectivity index (χ1) is 21.7. The van der Waals surface area contributed by atoms with Crippen LogP contribution in [0.2, 0.25) is 0 Å². The summed E-state index contributed by atoms with van der Waals surface area (Å²) in [7, 11) is 4.52. The smallest absolute Gasteiger partial charge is 0.331 e. The van der Waals surface area contributed by atoms with Crippen LogP contribution in [0.5, 0.6) is 23.0 Å². The molecule has 0 saturated carbocycles. The average molecular weight is 621 g/mol. The predicted molar refractivity (Wildman–Crippen MR) is 161 cm³/mol. The molecule has 5 rings (SSSR count). The number of imide groups is 1. The van der Waals surface area contributed by atoms with Gasteiger partial charge in [-0.2, -0.15) is 0 Å². The first-order valence-corrected chi connectivity index (χ1v) is 13.9. The van der Waals surface area contributed by atoms with Crippen molar-refractivity contribution in [1.82, 2.24) is 9.88 Å². The number of nitrogens with one attached hydrogen (secondary N) is 1. The molecule has 4 aromatic rings. The monoisotopic (exact) mass is 620 g/mol. The first-order valence-electron chi connectivity index (χ1n) is 13.9. The number of hydrogen-bond acceptors (Lipinski definition) is 8. The minimum absolute atomic E-state index is 0.0693. The molecule has 0 bridgehead atoms. The molecule has 4 amide bonds. The van der Waals surface area contributed by atoms with E-state index in [4.69, 9.17) is 18.9 Å². The van der Waals surface area contributed by atoms with Crippen molar-refractivity contribution >= 4 is 40.1 Å². The van der Waals surface area contributed by atoms with Gasteiger partial charge in [-0.05, 0) is 55.0 Å². The first kappa shape index (κ1) is 31.1. The van der Waals surface area contributed by atoms with Crippen LogP contribution in [0.3, 0.4) is 0 Å². The van der Waals surface area contributed by atoms with Crippen LogP contribution in [0.25, 0.3) is 10.9 Å². The summed E-state index contributed by atoms with van der Waals surface area (Å²) in [6.07, 6.45) is 1.97. The van der Waals surface area contributed by atoms with Crippen LogP contribution in [0.4, 0.5) is 25.0 Å². The highest BCUT2D eigenvalue weighted by Crippen LogP contribution is 2.37. The average Bonchev–Trinajstić information content (AvgIpc) is 3.03. The number of carbonyl (C=O) groups is 3. The molecule has 1 fully saturated rings. The van der Waals surface area contributed by atoms with Gasteiger partial charge < -0.3 is 29.2 Å². The number of ether oxygens (including phenoxy) is 4. The summed E-state index contributed by atoms with van der Waals surface area (Å²) in [4.78, 5) is 46.5. The molecular formula is C32H30F2N4O7. The molecule has 11 nitrogen and oxygen atoms in total. The topological polar surface area (TPSA) is 120 Å². The molecule has 234 valence electrons. The number of nitrogens with zero attached hydrogens (tertiary/aromatic N) is 3. The van der Waals surface area contributed by atoms with Crippen molar-refractivity contribution in [3.8, 4) is 23.0 Å². The van der Waals surface area contributed by atoms with Crippen molar-refractivity contribution < 1.29 is 42.1 Å². The normalized spacial score (nSPS) is 14.9. The number of urea groups is 1. The second-order valence-electron chi connectivity index (χ2n) is 10.0. The molecule has 1 aliphatic rings. The van der Waals surface area contributed by atoms with Gasteiger partial charge in [-0.3, -0.25) is 14.6 Å². The number of methoxy groups -OCH3 is 3. The fraction of sp³-hybridized carbons (Fsp3) is 0.250. The summed E-state index contributed by atoms with van der Waals surface area (Å²) in [6.45, 7) is 0.373. The predicted octanol–water partition coefficient (Wildman–Crippen LogP) is 5.38. The van der Waals surface area contributed by atoms with Gasteiger partial charge in [0.15, 0.2) is 23.1 Å². The van der Waals surface area contributed by atoms with Crippen LogP contribution < -0.4 is 24.4 Å². The van der Waals surface area contributed by atoms with Crippen molar-refractivity contribution in [2.45, 2.75) is 6.42 Å². The van der Waals surface area contributed by atoms with Crippen molar-refractivity contribution in [1.29, 1.82) is 0 Å². The molecule has 1 atom stereocenters. The van der Waals surface area contributed by atoms with Crippen molar-refractivity contribution in [3.05, 3.63) is 78.5 Å². The van der Waals surface area contributed by atoms with Gasteiger partial charge in [0, 0.05) is 56.2 Å². The highest BCUT2D eigenvalue weighted by atomic mass is 19.1. The summed E-state index contributed by atoms with van der Waals surface area (Å²) in [5.41, 5.74) is 0.726. The molecule has 45 heavy (non-hydrogen) atoms. The molecule has 1 unspecified atom stereocenters. The third-order valence-corrected chi connectivity index (χ3v) is 7.19. The number of anilines is 2. The second-order valence-corrected chi connectivity index (χ2v) is 10.0. The molecule has 1 aromatic heterocycles. The minimum atomic E-state index is -1.32. The second kappa shape index (κ2) is 13.6. The van der Waals surface area contributed by atoms with Crippen LogP contribution in [-0.4, -0.2) is 68.8 Å². The van der Waals surface area contributed by atoms with E-state index in [9.17, 15) is 18.8 Å². The highest BCUT2D eigenvalue weighted by molar-refractivity contribution is 6.23. The third-order valence-electron chi connectivity index (χ3n) is 7.19. The quantitative estimate of drug-likeness (QED) is 0.175. The zero-order valence-electron chi connectivity index (χ0n) is 24.7. The Morgan fingerprint density at radius 1 is 0.933 bits per heavy atom. The molecule has 0 spiro atoms. The standard InChI is InChI=1S/C32H30F2N4O7/c1-42-14-4-13-37-18-23(31(40)38(32(37)41)21-8-5-19(33)6-9-21)30(39)36-20-7-10-27(24(34)15-20)45-26-11-12-35-25-17-29(44-3)28(43-2)16-22(25)26/h5-12,15-17,23H,4,13-14,18H2,1-3H3,(H,36,39). The minimum Gasteiger partial charge on any atom is -0.493 e. The lowest BCUT2D eigenvalue weighted by Gasteiger charge is -2.38. The lowest BCUT2D eigenvalue weighted by atomic mass is 10.0. The summed E-state index contributed by atoms with van der Waals surface area (Å²) >= 11 is 0. The Labute approximate surface area is 257 Å². The molecule has 1 saturated heterocycles. The zero-order valence-corrected chi connectivity index (χ0v) is 24.7. The Kier molecular flexibility index (Phi) is 9.38. The lowest BCUT2D eigenvalue weighted by Crippen LogP contribution is -2.59. The summed E-state index contributed by atoms with van der Waals surface area (Å²) in [5.74, 6) is -3.08. The van der Waals surface area contributed by atoms with Gasteiger partial charge in [0.2, 0.25) is 11.8 Å². The van der Waals surface area contributed by atoms with E-state index < -0.39 is 35.4 Å². The highest BCUT2D eigenvalue weighted by Gasteiger charge is 2.43. The van der Waals surface area contributed by atoms with Crippen LogP contribution >= 0.6 is 0 Å². The number of carbonyl (C=O) groups excluding carboxylic acids is 3. The van der Waals surface area contributed by atoms with E-state index in [0.717, 1.165) is 23.1 Å². The van der Waals surface area contributed by atoms with E-state index in [0.29, 0.717) is 41.2 Å². The molecule has 3 aromatic carbocycles. The van der Waals surface area contributed by atoms with E-state index in [1.807, 2.05) is 0 Å². The zero-order chi connectivity index (χ0) is 32.1. The number of rotatable bonds is 11. The SMILES string of the molecule is COCCCN1CC(C(=O)Nc2ccc(Oc3ccnc4cc(OC)c(OC)cc34)c(F)c2)C(=O)N(c2ccc(F)cc2)C1=O. The van der Waals surface area contributed by atoms with Gasteiger partial charge in [-0.15, -0.1) is 0 Å². The van der Waals surface area contributed by atoms with Gasteiger partial charge in [0.25, 0.3) is 0 Å². The maximum absolute atomic E-state index is 15.3. The fourth-order valence-corrected chi connectivity index (χ4v) is 4.92. The number of amides is 4. The third kappa shape index (κ3) is 6.63. The number of aromatic nitrogens is 1. The van der Waals surface area contributed by atoms with Gasteiger partial charge in [0.1, 0.15) is 17.5 Å². The lowest BCUT2D eigenvalue weighted by molar-refractivity contribution is -0.132. The maximum Gasteiger partial charge on any atom is 0.331 e. The summed E-state index contributed by atoms with van der Waals surface area (Å²) < 4.78 is 50.4. The molecule has 0 radical (unpaired) electrons. The molecule has 0 aliphatic carbocycles. The van der Waals surface area contributed by atoms with Gasteiger partial charge >= 0.3 is 6.03 Å². The largest absolute Gasteiger partial charge is 0.493 e.